The monoisotopic (exact) mass is 577 g/mol. The molecule has 0 saturated heterocycles. The highest BCUT2D eigenvalue weighted by atomic mass is 79.9. The van der Waals surface area contributed by atoms with Gasteiger partial charge in [0.05, 0.1) is 0 Å². The molecule has 0 aliphatic heterocycles. The Kier molecular flexibility index (Phi) is 13.9. The van der Waals surface area contributed by atoms with E-state index in [0.29, 0.717) is 18.6 Å². The van der Waals surface area contributed by atoms with Crippen LogP contribution in [0.15, 0.2) is 28.7 Å². The van der Waals surface area contributed by atoms with Crippen molar-refractivity contribution >= 4 is 51.4 Å². The molecule has 0 heterocycles. The van der Waals surface area contributed by atoms with Crippen molar-refractivity contribution in [1.29, 1.82) is 0 Å². The molecule has 1 aromatic rings. The van der Waals surface area contributed by atoms with Crippen LogP contribution < -0.4 is 16.4 Å². The molecule has 2 amide bonds. The first-order valence-corrected chi connectivity index (χ1v) is 12.9. The van der Waals surface area contributed by atoms with E-state index < -0.39 is 48.2 Å². The van der Waals surface area contributed by atoms with Gasteiger partial charge in [-0.15, -0.1) is 0 Å². The van der Waals surface area contributed by atoms with Crippen molar-refractivity contribution in [2.24, 2.45) is 5.73 Å². The maximum atomic E-state index is 12.2. The maximum absolute atomic E-state index is 12.2. The Balaban J connectivity index is 0.000000744. The molecule has 8 N–H and O–H groups in total. The quantitative estimate of drug-likeness (QED) is 0.174. The molecule has 2 unspecified atom stereocenters. The van der Waals surface area contributed by atoms with Crippen molar-refractivity contribution in [1.82, 2.24) is 10.6 Å². The number of carboxylic acids is 2. The van der Waals surface area contributed by atoms with E-state index in [9.17, 15) is 19.2 Å². The van der Waals surface area contributed by atoms with Gasteiger partial charge < -0.3 is 36.8 Å². The van der Waals surface area contributed by atoms with Crippen molar-refractivity contribution in [2.45, 2.75) is 62.1 Å². The highest BCUT2D eigenvalue weighted by Gasteiger charge is 2.27. The molecule has 2 atom stereocenters. The molecule has 0 bridgehead atoms. The van der Waals surface area contributed by atoms with E-state index in [4.69, 9.17) is 26.2 Å². The highest BCUT2D eigenvalue weighted by molar-refractivity contribution is 9.10. The lowest BCUT2D eigenvalue weighted by atomic mass is 10.1. The molecule has 35 heavy (non-hydrogen) atoms. The molecule has 1 aromatic carbocycles. The van der Waals surface area contributed by atoms with Gasteiger partial charge in [0.1, 0.15) is 18.6 Å². The molecule has 2 rings (SSSR count). The predicted molar refractivity (Wildman–Crippen MR) is 133 cm³/mol. The highest BCUT2D eigenvalue weighted by Crippen LogP contribution is 2.25. The van der Waals surface area contributed by atoms with Crippen molar-refractivity contribution < 1.29 is 39.6 Å². The lowest BCUT2D eigenvalue weighted by molar-refractivity contribution is -0.152. The topological polar surface area (TPSA) is 199 Å². The van der Waals surface area contributed by atoms with Gasteiger partial charge in [0.25, 0.3) is 0 Å². The molecule has 1 saturated carbocycles. The third kappa shape index (κ3) is 14.1. The van der Waals surface area contributed by atoms with Gasteiger partial charge in [-0.3, -0.25) is 19.2 Å². The maximum Gasteiger partial charge on any atom is 0.322 e. The average molecular weight is 578 g/mol. The van der Waals surface area contributed by atoms with Crippen LogP contribution in [0.1, 0.15) is 44.1 Å². The molecule has 1 aliphatic carbocycles. The standard InChI is InChI=1S/C17H22BrN3O6S.C5H10O2/c18-11-3-1-10(2-4-11)8-28-9-13(16(25)20-7-15(23)24)21-14(22)6-5-12(19)17(26)27;6-5(7)3-1-2-4-5/h1-4,12-13H,5-9,19H2,(H,20,25)(H,21,22)(H,23,24)(H,26,27);6-7H,1-4H2. The summed E-state index contributed by atoms with van der Waals surface area (Å²) in [7, 11) is 0. The van der Waals surface area contributed by atoms with Crippen LogP contribution in [0.4, 0.5) is 0 Å². The molecule has 0 radical (unpaired) electrons. The van der Waals surface area contributed by atoms with Crippen molar-refractivity contribution in [3.05, 3.63) is 34.3 Å². The van der Waals surface area contributed by atoms with E-state index in [1.165, 1.54) is 11.8 Å². The van der Waals surface area contributed by atoms with Gasteiger partial charge in [-0.2, -0.15) is 11.8 Å². The van der Waals surface area contributed by atoms with Gasteiger partial charge in [0.2, 0.25) is 11.8 Å². The van der Waals surface area contributed by atoms with Crippen LogP contribution >= 0.6 is 27.7 Å². The zero-order valence-electron chi connectivity index (χ0n) is 19.1. The normalized spacial score (nSPS) is 15.8. The number of carbonyl (C=O) groups excluding carboxylic acids is 2. The first-order chi connectivity index (χ1) is 16.4. The van der Waals surface area contributed by atoms with Gasteiger partial charge in [-0.05, 0) is 37.0 Å². The summed E-state index contributed by atoms with van der Waals surface area (Å²) in [4.78, 5) is 45.6. The van der Waals surface area contributed by atoms with E-state index >= 15 is 0 Å². The smallest absolute Gasteiger partial charge is 0.322 e. The molecular weight excluding hydrogens is 546 g/mol. The van der Waals surface area contributed by atoms with Crippen LogP contribution in [0.25, 0.3) is 0 Å². The van der Waals surface area contributed by atoms with Crippen LogP contribution in [0.2, 0.25) is 0 Å². The second-order valence-electron chi connectivity index (χ2n) is 8.05. The van der Waals surface area contributed by atoms with E-state index in [1.807, 2.05) is 24.3 Å². The Hall–Kier alpha value is -2.19. The summed E-state index contributed by atoms with van der Waals surface area (Å²) in [6.45, 7) is -0.563. The number of hydrogen-bond donors (Lipinski definition) is 7. The zero-order valence-corrected chi connectivity index (χ0v) is 21.5. The summed E-state index contributed by atoms with van der Waals surface area (Å²) in [5.41, 5.74) is 6.38. The van der Waals surface area contributed by atoms with Crippen LogP contribution in [-0.4, -0.2) is 74.3 Å². The molecule has 0 spiro atoms. The summed E-state index contributed by atoms with van der Waals surface area (Å²) in [5.74, 6) is -4.06. The zero-order chi connectivity index (χ0) is 26.4. The lowest BCUT2D eigenvalue weighted by Crippen LogP contribution is -2.49. The molecule has 0 aromatic heterocycles. The van der Waals surface area contributed by atoms with Gasteiger partial charge in [-0.25, -0.2) is 0 Å². The fourth-order valence-electron chi connectivity index (χ4n) is 2.96. The minimum absolute atomic E-state index is 0.0728. The number of benzene rings is 1. The number of rotatable bonds is 12. The van der Waals surface area contributed by atoms with Crippen LogP contribution in [0.5, 0.6) is 0 Å². The molecule has 1 aliphatic rings. The summed E-state index contributed by atoms with van der Waals surface area (Å²) >= 11 is 4.74. The van der Waals surface area contributed by atoms with Gasteiger partial charge >= 0.3 is 11.9 Å². The van der Waals surface area contributed by atoms with Crippen LogP contribution in [0, 0.1) is 0 Å². The Morgan fingerprint density at radius 1 is 1.09 bits per heavy atom. The number of thioether (sulfide) groups is 1. The summed E-state index contributed by atoms with van der Waals surface area (Å²) in [6, 6.07) is 5.50. The van der Waals surface area contributed by atoms with Crippen molar-refractivity contribution in [2.75, 3.05) is 12.3 Å². The lowest BCUT2D eigenvalue weighted by Gasteiger charge is -2.18. The number of aliphatic hydroxyl groups is 2. The second kappa shape index (κ2) is 15.7. The molecule has 13 heteroatoms. The number of hydrogen-bond acceptors (Lipinski definition) is 8. The average Bonchev–Trinajstić information content (AvgIpc) is 3.20. The van der Waals surface area contributed by atoms with Crippen molar-refractivity contribution in [3.63, 3.8) is 0 Å². The van der Waals surface area contributed by atoms with E-state index in [2.05, 4.69) is 26.6 Å². The number of nitrogens with one attached hydrogen (secondary N) is 2. The minimum atomic E-state index is -1.31. The fraction of sp³-hybridized carbons (Fsp3) is 0.545. The van der Waals surface area contributed by atoms with Gasteiger partial charge in [-0.1, -0.05) is 28.1 Å². The van der Waals surface area contributed by atoms with Crippen LogP contribution in [0.3, 0.4) is 0 Å². The third-order valence-electron chi connectivity index (χ3n) is 4.94. The largest absolute Gasteiger partial charge is 0.480 e. The Morgan fingerprint density at radius 2 is 1.69 bits per heavy atom. The Labute approximate surface area is 216 Å². The van der Waals surface area contributed by atoms with Gasteiger partial charge in [0, 0.05) is 35.2 Å². The second-order valence-corrected chi connectivity index (χ2v) is 9.99. The molecule has 11 nitrogen and oxygen atoms in total. The SMILES string of the molecule is NC(CCC(=O)NC(CSCc1ccc(Br)cc1)C(=O)NCC(=O)O)C(=O)O.OC1(O)CCCC1. The summed E-state index contributed by atoms with van der Waals surface area (Å²) < 4.78 is 0.944. The number of nitrogens with two attached hydrogens (primary N) is 1. The van der Waals surface area contributed by atoms with Gasteiger partial charge in [0.15, 0.2) is 5.79 Å². The van der Waals surface area contributed by atoms with E-state index in [1.54, 1.807) is 0 Å². The number of aliphatic carboxylic acids is 2. The number of carbonyl (C=O) groups is 4. The summed E-state index contributed by atoms with van der Waals surface area (Å²) in [5, 5.41) is 39.7. The van der Waals surface area contributed by atoms with E-state index in [-0.39, 0.29) is 18.6 Å². The number of halogens is 1. The minimum Gasteiger partial charge on any atom is -0.480 e. The van der Waals surface area contributed by atoms with E-state index in [0.717, 1.165) is 22.9 Å². The predicted octanol–water partition coefficient (Wildman–Crippen LogP) is 0.801. The van der Waals surface area contributed by atoms with Crippen LogP contribution in [-0.2, 0) is 24.9 Å². The molecular formula is C22H32BrN3O8S. The Morgan fingerprint density at radius 3 is 2.17 bits per heavy atom. The molecule has 196 valence electrons. The first kappa shape index (κ1) is 30.8. The Bertz CT molecular complexity index is 846. The fourth-order valence-corrected chi connectivity index (χ4v) is 4.24. The number of carboxylic acid groups (broad SMARTS) is 2. The third-order valence-corrected chi connectivity index (χ3v) is 6.57. The molecule has 1 fully saturated rings. The van der Waals surface area contributed by atoms with Crippen molar-refractivity contribution in [3.8, 4) is 0 Å². The number of amides is 2. The summed E-state index contributed by atoms with van der Waals surface area (Å²) in [6.07, 6.45) is 2.82. The first-order valence-electron chi connectivity index (χ1n) is 10.9.